The molecule has 1 amide bonds. The van der Waals surface area contributed by atoms with Crippen LogP contribution in [-0.2, 0) is 14.8 Å². The lowest BCUT2D eigenvalue weighted by Crippen LogP contribution is -2.47. The number of primary sulfonamides is 1. The summed E-state index contributed by atoms with van der Waals surface area (Å²) in [6, 6.07) is 17.5. The van der Waals surface area contributed by atoms with E-state index in [1.807, 2.05) is 59.8 Å². The van der Waals surface area contributed by atoms with Crippen molar-refractivity contribution < 1.29 is 13.2 Å². The maximum absolute atomic E-state index is 12.4. The first-order valence-electron chi connectivity index (χ1n) is 10.8. The van der Waals surface area contributed by atoms with Crippen LogP contribution in [0.1, 0.15) is 37.4 Å². The fourth-order valence-corrected chi connectivity index (χ4v) is 5.22. The Hall–Kier alpha value is -3.03. The molecule has 0 aliphatic carbocycles. The lowest BCUT2D eigenvalue weighted by atomic mass is 9.93. The van der Waals surface area contributed by atoms with Gasteiger partial charge in [-0.1, -0.05) is 50.2 Å². The number of rotatable bonds is 10. The number of nitrogens with two attached hydrogens (primary N) is 2. The van der Waals surface area contributed by atoms with Crippen LogP contribution in [0, 0.1) is 17.2 Å². The summed E-state index contributed by atoms with van der Waals surface area (Å²) in [6.07, 6.45) is 0.548. The first kappa shape index (κ1) is 25.6. The largest absolute Gasteiger partial charge is 0.368 e. The van der Waals surface area contributed by atoms with E-state index in [4.69, 9.17) is 10.9 Å². The number of carbonyl (C=O) groups is 1. The molecular weight excluding hydrogens is 468 g/mol. The van der Waals surface area contributed by atoms with Crippen molar-refractivity contribution in [3.05, 3.63) is 76.5 Å². The average molecular weight is 497 g/mol. The zero-order chi connectivity index (χ0) is 24.9. The van der Waals surface area contributed by atoms with Gasteiger partial charge in [0.1, 0.15) is 0 Å². The molecule has 178 valence electrons. The van der Waals surface area contributed by atoms with Crippen molar-refractivity contribution in [1.82, 2.24) is 4.90 Å². The minimum Gasteiger partial charge on any atom is -0.368 e. The van der Waals surface area contributed by atoms with E-state index in [-0.39, 0.29) is 23.4 Å². The number of hydrogen-bond donors (Lipinski definition) is 2. The Balaban J connectivity index is 2.01. The Bertz CT molecular complexity index is 1250. The van der Waals surface area contributed by atoms with E-state index >= 15 is 0 Å². The molecule has 2 atom stereocenters. The molecular formula is C25H28N4O3S2. The van der Waals surface area contributed by atoms with Gasteiger partial charge in [0, 0.05) is 0 Å². The highest BCUT2D eigenvalue weighted by Crippen LogP contribution is 2.34. The molecule has 1 aromatic heterocycles. The van der Waals surface area contributed by atoms with Gasteiger partial charge in [-0.05, 0) is 63.6 Å². The summed E-state index contributed by atoms with van der Waals surface area (Å²) < 4.78 is 23.0. The van der Waals surface area contributed by atoms with E-state index in [0.29, 0.717) is 6.42 Å². The molecule has 0 saturated heterocycles. The first-order chi connectivity index (χ1) is 16.1. The van der Waals surface area contributed by atoms with Crippen molar-refractivity contribution >= 4 is 27.3 Å². The second-order valence-corrected chi connectivity index (χ2v) is 10.9. The molecule has 0 aliphatic rings. The lowest BCUT2D eigenvalue weighted by molar-refractivity contribution is -0.124. The van der Waals surface area contributed by atoms with Crippen molar-refractivity contribution in [2.45, 2.75) is 37.2 Å². The van der Waals surface area contributed by atoms with Crippen LogP contribution >= 0.6 is 11.3 Å². The molecule has 34 heavy (non-hydrogen) atoms. The number of nitrogens with zero attached hydrogens (tertiary/aromatic N) is 2. The van der Waals surface area contributed by atoms with Gasteiger partial charge in [0.15, 0.2) is 0 Å². The number of thiophene rings is 1. The summed E-state index contributed by atoms with van der Waals surface area (Å²) >= 11 is 1.55. The second kappa shape index (κ2) is 10.9. The van der Waals surface area contributed by atoms with Crippen LogP contribution in [0.3, 0.4) is 0 Å². The third-order valence-electron chi connectivity index (χ3n) is 5.61. The molecule has 1 heterocycles. The molecule has 0 spiro atoms. The minimum absolute atomic E-state index is 0.0532. The van der Waals surface area contributed by atoms with E-state index in [9.17, 15) is 18.5 Å². The standard InChI is InChI=1S/C25H28N4O3S2/c1-17(2)15-23(25(27)30)29(13-12-26)24(21-11-14-33-16-21)20-5-3-18(4-6-20)19-7-9-22(10-8-19)34(28,31)32/h3-11,14,16-17,23-24H,13,15H2,1-2H3,(H2,27,30)(H2,28,31,32)/t23-,24?/m0/s1. The van der Waals surface area contributed by atoms with Crippen LogP contribution < -0.4 is 10.9 Å². The highest BCUT2D eigenvalue weighted by atomic mass is 32.2. The summed E-state index contributed by atoms with van der Waals surface area (Å²) in [7, 11) is -3.75. The molecule has 3 aromatic rings. The minimum atomic E-state index is -3.75. The Morgan fingerprint density at radius 1 is 1.03 bits per heavy atom. The Morgan fingerprint density at radius 3 is 2.06 bits per heavy atom. The zero-order valence-corrected chi connectivity index (χ0v) is 20.7. The molecule has 0 aliphatic heterocycles. The molecule has 3 rings (SSSR count). The van der Waals surface area contributed by atoms with Gasteiger partial charge in [-0.15, -0.1) is 0 Å². The molecule has 2 aromatic carbocycles. The van der Waals surface area contributed by atoms with Gasteiger partial charge < -0.3 is 5.73 Å². The maximum Gasteiger partial charge on any atom is 0.238 e. The highest BCUT2D eigenvalue weighted by molar-refractivity contribution is 7.89. The van der Waals surface area contributed by atoms with E-state index in [0.717, 1.165) is 22.3 Å². The van der Waals surface area contributed by atoms with Gasteiger partial charge in [-0.25, -0.2) is 13.6 Å². The van der Waals surface area contributed by atoms with Crippen molar-refractivity contribution in [2.75, 3.05) is 6.54 Å². The van der Waals surface area contributed by atoms with E-state index in [1.54, 1.807) is 23.5 Å². The molecule has 9 heteroatoms. The number of benzene rings is 2. The van der Waals surface area contributed by atoms with Crippen molar-refractivity contribution in [3.8, 4) is 17.2 Å². The number of carbonyl (C=O) groups excluding carboxylic acids is 1. The van der Waals surface area contributed by atoms with Crippen molar-refractivity contribution in [1.29, 1.82) is 5.26 Å². The number of sulfonamides is 1. The number of amides is 1. The predicted octanol–water partition coefficient (Wildman–Crippen LogP) is 3.88. The first-order valence-corrected chi connectivity index (χ1v) is 13.3. The van der Waals surface area contributed by atoms with Gasteiger partial charge in [-0.2, -0.15) is 16.6 Å². The Labute approximate surface area is 204 Å². The van der Waals surface area contributed by atoms with Crippen LogP contribution in [0.5, 0.6) is 0 Å². The Kier molecular flexibility index (Phi) is 8.23. The summed E-state index contributed by atoms with van der Waals surface area (Å²) in [5, 5.41) is 18.7. The summed E-state index contributed by atoms with van der Waals surface area (Å²) in [5.74, 6) is -0.222. The topological polar surface area (TPSA) is 130 Å². The molecule has 0 radical (unpaired) electrons. The summed E-state index contributed by atoms with van der Waals surface area (Å²) in [6.45, 7) is 4.10. The molecule has 4 N–H and O–H groups in total. The van der Waals surface area contributed by atoms with Gasteiger partial charge in [0.25, 0.3) is 0 Å². The van der Waals surface area contributed by atoms with Gasteiger partial charge in [0.2, 0.25) is 15.9 Å². The quantitative estimate of drug-likeness (QED) is 0.411. The third-order valence-corrected chi connectivity index (χ3v) is 7.24. The maximum atomic E-state index is 12.4. The Morgan fingerprint density at radius 2 is 1.62 bits per heavy atom. The van der Waals surface area contributed by atoms with E-state index in [2.05, 4.69) is 6.07 Å². The van der Waals surface area contributed by atoms with Crippen LogP contribution in [0.15, 0.2) is 70.3 Å². The number of nitriles is 1. The van der Waals surface area contributed by atoms with E-state index < -0.39 is 22.0 Å². The van der Waals surface area contributed by atoms with Gasteiger partial charge in [-0.3, -0.25) is 9.69 Å². The normalized spacial score (nSPS) is 13.5. The second-order valence-electron chi connectivity index (χ2n) is 8.53. The summed E-state index contributed by atoms with van der Waals surface area (Å²) in [5.41, 5.74) is 9.44. The summed E-state index contributed by atoms with van der Waals surface area (Å²) in [4.78, 5) is 14.3. The fourth-order valence-electron chi connectivity index (χ4n) is 4.03. The average Bonchev–Trinajstić information content (AvgIpc) is 3.31. The smallest absolute Gasteiger partial charge is 0.238 e. The molecule has 0 fully saturated rings. The van der Waals surface area contributed by atoms with Crippen LogP contribution in [0.4, 0.5) is 0 Å². The third kappa shape index (κ3) is 6.10. The van der Waals surface area contributed by atoms with Gasteiger partial charge in [0.05, 0.1) is 29.6 Å². The van der Waals surface area contributed by atoms with Crippen LogP contribution in [-0.4, -0.2) is 31.8 Å². The monoisotopic (exact) mass is 496 g/mol. The van der Waals surface area contributed by atoms with Crippen LogP contribution in [0.2, 0.25) is 0 Å². The number of hydrogen-bond acceptors (Lipinski definition) is 6. The van der Waals surface area contributed by atoms with Crippen molar-refractivity contribution in [2.24, 2.45) is 16.8 Å². The number of primary amides is 1. The fraction of sp³-hybridized carbons (Fsp3) is 0.280. The molecule has 0 saturated carbocycles. The van der Waals surface area contributed by atoms with Gasteiger partial charge >= 0.3 is 0 Å². The zero-order valence-electron chi connectivity index (χ0n) is 19.1. The molecule has 7 nitrogen and oxygen atoms in total. The predicted molar refractivity (Wildman–Crippen MR) is 134 cm³/mol. The van der Waals surface area contributed by atoms with Crippen molar-refractivity contribution in [3.63, 3.8) is 0 Å². The van der Waals surface area contributed by atoms with Crippen LogP contribution in [0.25, 0.3) is 11.1 Å². The van der Waals surface area contributed by atoms with E-state index in [1.165, 1.54) is 12.1 Å². The highest BCUT2D eigenvalue weighted by Gasteiger charge is 2.33. The SMILES string of the molecule is CC(C)C[C@@H](C(N)=O)N(CC#N)C(c1ccc(-c2ccc(S(N)(=O)=O)cc2)cc1)c1ccsc1. The molecule has 0 bridgehead atoms. The molecule has 1 unspecified atom stereocenters. The lowest BCUT2D eigenvalue weighted by Gasteiger charge is -2.36.